The number of rotatable bonds is 17. The number of para-hydroxylation sites is 1. The number of aromatic amines is 1. The van der Waals surface area contributed by atoms with Crippen LogP contribution in [0.4, 0.5) is 0 Å². The standard InChI is InChI=1S/C27H40N8O7/c1-14(2)22(25(40)34-20(26(41)42)9-10-21(36)37)35-24(39)19(8-5-11-31-27(29)30)33-23(38)17(28)12-15-13-32-18-7-4-3-6-16(15)18/h3-4,6-7,13-14,17,19-20,22,32H,5,8-12,28H2,1-2H3,(H,33,38)(H,34,40)(H,35,39)(H,36,37)(H,41,42)(H4,29,30,31). The molecule has 15 nitrogen and oxygen atoms in total. The number of hydrogen-bond donors (Lipinski definition) is 9. The van der Waals surface area contributed by atoms with E-state index in [1.807, 2.05) is 24.3 Å². The summed E-state index contributed by atoms with van der Waals surface area (Å²) in [7, 11) is 0. The van der Waals surface area contributed by atoms with Gasteiger partial charge in [-0.3, -0.25) is 24.2 Å². The largest absolute Gasteiger partial charge is 0.481 e. The summed E-state index contributed by atoms with van der Waals surface area (Å²) in [5.41, 5.74) is 18.7. The van der Waals surface area contributed by atoms with Crippen LogP contribution in [0.5, 0.6) is 0 Å². The number of nitrogens with one attached hydrogen (secondary N) is 4. The van der Waals surface area contributed by atoms with Gasteiger partial charge in [0.05, 0.1) is 6.04 Å². The second-order valence-electron chi connectivity index (χ2n) is 10.2. The summed E-state index contributed by atoms with van der Waals surface area (Å²) < 4.78 is 0. The van der Waals surface area contributed by atoms with Gasteiger partial charge in [0.1, 0.15) is 18.1 Å². The van der Waals surface area contributed by atoms with E-state index in [0.717, 1.165) is 16.5 Å². The molecule has 12 N–H and O–H groups in total. The third-order valence-corrected chi connectivity index (χ3v) is 6.54. The molecule has 0 aliphatic heterocycles. The first-order valence-corrected chi connectivity index (χ1v) is 13.5. The van der Waals surface area contributed by atoms with Crippen LogP contribution < -0.4 is 33.2 Å². The molecule has 230 valence electrons. The molecule has 42 heavy (non-hydrogen) atoms. The Morgan fingerprint density at radius 3 is 2.21 bits per heavy atom. The van der Waals surface area contributed by atoms with E-state index in [2.05, 4.69) is 25.9 Å². The molecule has 0 aliphatic rings. The van der Waals surface area contributed by atoms with Crippen LogP contribution in [-0.2, 0) is 30.4 Å². The Bertz CT molecular complexity index is 1290. The molecule has 0 saturated heterocycles. The summed E-state index contributed by atoms with van der Waals surface area (Å²) in [6, 6.07) is 2.79. The van der Waals surface area contributed by atoms with Gasteiger partial charge < -0.3 is 48.3 Å². The number of aliphatic imine (C=N–C) groups is 1. The van der Waals surface area contributed by atoms with Crippen LogP contribution in [0, 0.1) is 5.92 Å². The second kappa shape index (κ2) is 16.0. The van der Waals surface area contributed by atoms with Gasteiger partial charge in [0, 0.05) is 30.1 Å². The van der Waals surface area contributed by atoms with Crippen LogP contribution >= 0.6 is 0 Å². The first-order valence-electron chi connectivity index (χ1n) is 13.5. The van der Waals surface area contributed by atoms with Gasteiger partial charge in [0.2, 0.25) is 17.7 Å². The summed E-state index contributed by atoms with van der Waals surface area (Å²) in [4.78, 5) is 68.8. The van der Waals surface area contributed by atoms with Crippen LogP contribution in [0.25, 0.3) is 10.9 Å². The molecular weight excluding hydrogens is 548 g/mol. The summed E-state index contributed by atoms with van der Waals surface area (Å²) in [6.07, 6.45) is 1.57. The monoisotopic (exact) mass is 588 g/mol. The minimum absolute atomic E-state index is 0.108. The van der Waals surface area contributed by atoms with Crippen molar-refractivity contribution in [3.63, 3.8) is 0 Å². The van der Waals surface area contributed by atoms with Crippen LogP contribution in [-0.4, -0.2) is 81.5 Å². The Morgan fingerprint density at radius 2 is 1.60 bits per heavy atom. The van der Waals surface area contributed by atoms with E-state index in [1.54, 1.807) is 20.0 Å². The zero-order valence-electron chi connectivity index (χ0n) is 23.6. The maximum absolute atomic E-state index is 13.3. The van der Waals surface area contributed by atoms with Crippen molar-refractivity contribution in [2.75, 3.05) is 6.54 Å². The topological polar surface area (TPSA) is 268 Å². The lowest BCUT2D eigenvalue weighted by atomic mass is 10.0. The number of carbonyl (C=O) groups excluding carboxylic acids is 3. The molecule has 0 aliphatic carbocycles. The molecule has 2 aromatic rings. The Labute approximate surface area is 242 Å². The molecule has 0 bridgehead atoms. The number of amides is 3. The van der Waals surface area contributed by atoms with Crippen molar-refractivity contribution < 1.29 is 34.2 Å². The van der Waals surface area contributed by atoms with E-state index in [9.17, 15) is 29.1 Å². The molecule has 0 fully saturated rings. The number of guanidine groups is 1. The van der Waals surface area contributed by atoms with Crippen molar-refractivity contribution in [2.24, 2.45) is 28.1 Å². The van der Waals surface area contributed by atoms with E-state index < -0.39 is 66.2 Å². The number of nitrogens with two attached hydrogens (primary N) is 3. The van der Waals surface area contributed by atoms with Gasteiger partial charge in [0.25, 0.3) is 0 Å². The maximum Gasteiger partial charge on any atom is 0.326 e. The molecular formula is C27H40N8O7. The normalized spacial score (nSPS) is 13.9. The SMILES string of the molecule is CC(C)C(NC(=O)C(CCCN=C(N)N)NC(=O)C(N)Cc1c[nH]c2ccccc12)C(=O)NC(CCC(=O)O)C(=O)O. The Balaban J connectivity index is 2.15. The van der Waals surface area contributed by atoms with Gasteiger partial charge in [-0.1, -0.05) is 32.0 Å². The number of carboxylic acid groups (broad SMARTS) is 2. The average Bonchev–Trinajstić information content (AvgIpc) is 3.32. The molecule has 15 heteroatoms. The van der Waals surface area contributed by atoms with Gasteiger partial charge >= 0.3 is 11.9 Å². The molecule has 1 aromatic carbocycles. The summed E-state index contributed by atoms with van der Waals surface area (Å²) in [5.74, 6) is -5.33. The second-order valence-corrected chi connectivity index (χ2v) is 10.2. The van der Waals surface area contributed by atoms with E-state index >= 15 is 0 Å². The number of aliphatic carboxylic acids is 2. The lowest BCUT2D eigenvalue weighted by Crippen LogP contribution is -2.58. The van der Waals surface area contributed by atoms with Crippen molar-refractivity contribution in [2.45, 2.75) is 70.1 Å². The molecule has 1 aromatic heterocycles. The van der Waals surface area contributed by atoms with Gasteiger partial charge in [0.15, 0.2) is 5.96 Å². The van der Waals surface area contributed by atoms with Crippen LogP contribution in [0.1, 0.15) is 45.1 Å². The van der Waals surface area contributed by atoms with Crippen molar-refractivity contribution in [1.82, 2.24) is 20.9 Å². The fraction of sp³-hybridized carbons (Fsp3) is 0.481. The summed E-state index contributed by atoms with van der Waals surface area (Å²) >= 11 is 0. The fourth-order valence-electron chi connectivity index (χ4n) is 4.26. The van der Waals surface area contributed by atoms with Gasteiger partial charge in [-0.15, -0.1) is 0 Å². The number of aromatic nitrogens is 1. The van der Waals surface area contributed by atoms with Gasteiger partial charge in [-0.05, 0) is 43.2 Å². The van der Waals surface area contributed by atoms with Crippen molar-refractivity contribution in [1.29, 1.82) is 0 Å². The van der Waals surface area contributed by atoms with Gasteiger partial charge in [-0.25, -0.2) is 4.79 Å². The van der Waals surface area contributed by atoms with Crippen molar-refractivity contribution in [3.8, 4) is 0 Å². The first-order chi connectivity index (χ1) is 19.8. The zero-order chi connectivity index (χ0) is 31.4. The van der Waals surface area contributed by atoms with Crippen LogP contribution in [0.3, 0.4) is 0 Å². The highest BCUT2D eigenvalue weighted by molar-refractivity contribution is 5.94. The average molecular weight is 589 g/mol. The molecule has 4 atom stereocenters. The number of hydrogen-bond acceptors (Lipinski definition) is 7. The molecule has 0 spiro atoms. The van der Waals surface area contributed by atoms with Crippen molar-refractivity contribution in [3.05, 3.63) is 36.0 Å². The predicted molar refractivity (Wildman–Crippen MR) is 155 cm³/mol. The lowest BCUT2D eigenvalue weighted by molar-refractivity contribution is -0.143. The summed E-state index contributed by atoms with van der Waals surface area (Å²) in [5, 5.41) is 26.7. The van der Waals surface area contributed by atoms with E-state index in [1.165, 1.54) is 0 Å². The number of H-pyrrole nitrogens is 1. The molecule has 0 saturated carbocycles. The molecule has 3 amide bonds. The van der Waals surface area contributed by atoms with Gasteiger partial charge in [-0.2, -0.15) is 0 Å². The first kappa shape index (κ1) is 33.5. The summed E-state index contributed by atoms with van der Waals surface area (Å²) in [6.45, 7) is 3.46. The highest BCUT2D eigenvalue weighted by Gasteiger charge is 2.32. The molecule has 4 unspecified atom stereocenters. The number of carboxylic acids is 2. The van der Waals surface area contributed by atoms with E-state index in [-0.39, 0.29) is 31.8 Å². The maximum atomic E-state index is 13.3. The Kier molecular flexibility index (Phi) is 12.7. The molecule has 1 heterocycles. The minimum atomic E-state index is -1.47. The predicted octanol–water partition coefficient (Wildman–Crippen LogP) is -0.849. The smallest absolute Gasteiger partial charge is 0.326 e. The number of carbonyl (C=O) groups is 5. The third kappa shape index (κ3) is 10.4. The van der Waals surface area contributed by atoms with Crippen LogP contribution in [0.15, 0.2) is 35.5 Å². The number of fused-ring (bicyclic) bond motifs is 1. The quantitative estimate of drug-likeness (QED) is 0.0627. The molecule has 0 radical (unpaired) electrons. The van der Waals surface area contributed by atoms with Crippen molar-refractivity contribution >= 4 is 46.5 Å². The highest BCUT2D eigenvalue weighted by Crippen LogP contribution is 2.19. The van der Waals surface area contributed by atoms with E-state index in [4.69, 9.17) is 22.3 Å². The Morgan fingerprint density at radius 1 is 0.929 bits per heavy atom. The van der Waals surface area contributed by atoms with E-state index in [0.29, 0.717) is 6.42 Å². The number of nitrogens with zero attached hydrogens (tertiary/aromatic N) is 1. The fourth-order valence-corrected chi connectivity index (χ4v) is 4.26. The minimum Gasteiger partial charge on any atom is -0.481 e. The zero-order valence-corrected chi connectivity index (χ0v) is 23.6. The third-order valence-electron chi connectivity index (χ3n) is 6.54. The Hall–Kier alpha value is -4.66. The lowest BCUT2D eigenvalue weighted by Gasteiger charge is -2.27. The highest BCUT2D eigenvalue weighted by atomic mass is 16.4. The number of benzene rings is 1. The molecule has 2 rings (SSSR count). The van der Waals surface area contributed by atoms with Crippen LogP contribution in [0.2, 0.25) is 0 Å².